The first kappa shape index (κ1) is 23.4. The normalized spacial score (nSPS) is 13.2. The van der Waals surface area contributed by atoms with Gasteiger partial charge in [-0.15, -0.1) is 0 Å². The number of phenolic OH excluding ortho intramolecular Hbond substituents is 1. The summed E-state index contributed by atoms with van der Waals surface area (Å²) < 4.78 is 12.4. The van der Waals surface area contributed by atoms with Crippen LogP contribution in [0.4, 0.5) is 0 Å². The van der Waals surface area contributed by atoms with Gasteiger partial charge in [0.2, 0.25) is 5.91 Å². The molecule has 0 bridgehead atoms. The number of hydrogen-bond acceptors (Lipinski definition) is 6. The maximum atomic E-state index is 12.3. The fraction of sp³-hybridized carbons (Fsp3) is 0.458. The minimum atomic E-state index is -0.513. The van der Waals surface area contributed by atoms with Crippen LogP contribution in [0.1, 0.15) is 63.8 Å². The number of nitrogens with one attached hydrogen (secondary N) is 1. The molecule has 0 saturated heterocycles. The largest absolute Gasteiger partial charge is 0.507 e. The molecule has 0 unspecified atom stereocenters. The zero-order chi connectivity index (χ0) is 23.6. The van der Waals surface area contributed by atoms with Crippen molar-refractivity contribution in [2.24, 2.45) is 7.05 Å². The van der Waals surface area contributed by atoms with Crippen molar-refractivity contribution in [2.75, 3.05) is 7.11 Å². The van der Waals surface area contributed by atoms with Crippen LogP contribution in [0.3, 0.4) is 0 Å². The van der Waals surface area contributed by atoms with E-state index in [1.165, 1.54) is 0 Å². The van der Waals surface area contributed by atoms with Gasteiger partial charge >= 0.3 is 5.97 Å². The highest BCUT2D eigenvalue weighted by Crippen LogP contribution is 2.42. The molecule has 0 radical (unpaired) electrons. The number of aromatic nitrogens is 2. The van der Waals surface area contributed by atoms with E-state index in [1.54, 1.807) is 7.11 Å². The number of fused-ring (bicyclic) bond motifs is 1. The number of phenols is 1. The van der Waals surface area contributed by atoms with Gasteiger partial charge in [0.05, 0.1) is 12.8 Å². The summed E-state index contributed by atoms with van der Waals surface area (Å²) in [5, 5.41) is 18.0. The molecule has 0 fully saturated rings. The Balaban J connectivity index is 1.63. The van der Waals surface area contributed by atoms with Gasteiger partial charge < -0.3 is 19.9 Å². The standard InChI is InChI=1S/C24H31N3O5/c1-13(8-10-20(28)25-11-18-15(3)26-27(5)16(18)4)7-9-17-22(29)21-19(12-32-24(21)30)14(2)23(17)31-6/h7,29H,8-12H2,1-6H3,(H,25,28). The number of nitrogens with zero attached hydrogens (tertiary/aromatic N) is 2. The van der Waals surface area contributed by atoms with Crippen LogP contribution < -0.4 is 10.1 Å². The smallest absolute Gasteiger partial charge is 0.342 e. The quantitative estimate of drug-likeness (QED) is 0.481. The number of carbonyl (C=O) groups is 2. The minimum Gasteiger partial charge on any atom is -0.507 e. The third-order valence-corrected chi connectivity index (χ3v) is 6.17. The highest BCUT2D eigenvalue weighted by molar-refractivity contribution is 5.98. The molecule has 2 aromatic rings. The summed E-state index contributed by atoms with van der Waals surface area (Å²) in [7, 11) is 3.43. The van der Waals surface area contributed by atoms with Crippen LogP contribution in [-0.2, 0) is 36.2 Å². The molecular formula is C24H31N3O5. The van der Waals surface area contributed by atoms with Crippen molar-refractivity contribution in [3.8, 4) is 11.5 Å². The van der Waals surface area contributed by atoms with Gasteiger partial charge in [0.1, 0.15) is 23.7 Å². The topological polar surface area (TPSA) is 103 Å². The molecule has 0 atom stereocenters. The Morgan fingerprint density at radius 1 is 1.28 bits per heavy atom. The Labute approximate surface area is 188 Å². The third kappa shape index (κ3) is 4.49. The number of allylic oxidation sites excluding steroid dienone is 2. The summed E-state index contributed by atoms with van der Waals surface area (Å²) in [4.78, 5) is 24.3. The number of ether oxygens (including phenoxy) is 2. The van der Waals surface area contributed by atoms with Crippen molar-refractivity contribution in [1.29, 1.82) is 0 Å². The summed E-state index contributed by atoms with van der Waals surface area (Å²) in [6, 6.07) is 0. The fourth-order valence-electron chi connectivity index (χ4n) is 4.07. The van der Waals surface area contributed by atoms with Gasteiger partial charge in [0.25, 0.3) is 0 Å². The van der Waals surface area contributed by atoms with E-state index in [1.807, 2.05) is 45.5 Å². The van der Waals surface area contributed by atoms with E-state index in [2.05, 4.69) is 10.4 Å². The molecule has 1 aromatic heterocycles. The number of cyclic esters (lactones) is 1. The summed E-state index contributed by atoms with van der Waals surface area (Å²) in [5.41, 5.74) is 6.26. The fourth-order valence-corrected chi connectivity index (χ4v) is 4.07. The van der Waals surface area contributed by atoms with E-state index in [-0.39, 0.29) is 23.8 Å². The molecule has 2 heterocycles. The Kier molecular flexibility index (Phi) is 6.91. The lowest BCUT2D eigenvalue weighted by atomic mass is 9.94. The van der Waals surface area contributed by atoms with Gasteiger partial charge in [-0.05, 0) is 46.1 Å². The Morgan fingerprint density at radius 2 is 2.00 bits per heavy atom. The van der Waals surface area contributed by atoms with E-state index in [0.717, 1.165) is 28.1 Å². The van der Waals surface area contributed by atoms with Gasteiger partial charge in [-0.2, -0.15) is 5.10 Å². The molecule has 172 valence electrons. The minimum absolute atomic E-state index is 0.0306. The van der Waals surface area contributed by atoms with Crippen molar-refractivity contribution in [3.05, 3.63) is 50.9 Å². The maximum Gasteiger partial charge on any atom is 0.342 e. The average Bonchev–Trinajstić information content (AvgIpc) is 3.25. The van der Waals surface area contributed by atoms with Crippen LogP contribution >= 0.6 is 0 Å². The summed E-state index contributed by atoms with van der Waals surface area (Å²) >= 11 is 0. The van der Waals surface area contributed by atoms with Crippen molar-refractivity contribution in [2.45, 2.75) is 60.1 Å². The van der Waals surface area contributed by atoms with E-state index in [0.29, 0.717) is 42.7 Å². The second kappa shape index (κ2) is 9.46. The number of aryl methyl sites for hydroxylation is 2. The SMILES string of the molecule is COc1c(C)c2c(c(O)c1CC=C(C)CCC(=O)NCc1c(C)nn(C)c1C)C(=O)OC2. The lowest BCUT2D eigenvalue weighted by Crippen LogP contribution is -2.23. The highest BCUT2D eigenvalue weighted by atomic mass is 16.5. The Bertz CT molecular complexity index is 1100. The molecular weight excluding hydrogens is 410 g/mol. The van der Waals surface area contributed by atoms with E-state index < -0.39 is 5.97 Å². The number of esters is 1. The lowest BCUT2D eigenvalue weighted by molar-refractivity contribution is -0.121. The molecule has 0 aliphatic carbocycles. The zero-order valence-corrected chi connectivity index (χ0v) is 19.6. The predicted octanol–water partition coefficient (Wildman–Crippen LogP) is 3.32. The summed E-state index contributed by atoms with van der Waals surface area (Å²) in [6.45, 7) is 8.33. The van der Waals surface area contributed by atoms with E-state index in [9.17, 15) is 14.7 Å². The van der Waals surface area contributed by atoms with Crippen LogP contribution in [0.25, 0.3) is 0 Å². The first-order valence-electron chi connectivity index (χ1n) is 10.6. The number of hydrogen-bond donors (Lipinski definition) is 2. The molecule has 8 nitrogen and oxygen atoms in total. The van der Waals surface area contributed by atoms with Gasteiger partial charge in [0, 0.05) is 42.4 Å². The van der Waals surface area contributed by atoms with Crippen molar-refractivity contribution in [1.82, 2.24) is 15.1 Å². The highest BCUT2D eigenvalue weighted by Gasteiger charge is 2.31. The number of carbonyl (C=O) groups excluding carboxylic acids is 2. The van der Waals surface area contributed by atoms with Gasteiger partial charge in [-0.25, -0.2) is 4.79 Å². The second-order valence-corrected chi connectivity index (χ2v) is 8.22. The number of benzene rings is 1. The average molecular weight is 442 g/mol. The second-order valence-electron chi connectivity index (χ2n) is 8.22. The monoisotopic (exact) mass is 441 g/mol. The first-order chi connectivity index (χ1) is 15.1. The summed E-state index contributed by atoms with van der Waals surface area (Å²) in [6.07, 6.45) is 3.29. The molecule has 3 rings (SSSR count). The number of aromatic hydroxyl groups is 1. The lowest BCUT2D eigenvalue weighted by Gasteiger charge is -2.15. The van der Waals surface area contributed by atoms with E-state index in [4.69, 9.17) is 9.47 Å². The molecule has 32 heavy (non-hydrogen) atoms. The molecule has 1 amide bonds. The number of methoxy groups -OCH3 is 1. The van der Waals surface area contributed by atoms with E-state index >= 15 is 0 Å². The van der Waals surface area contributed by atoms with Crippen LogP contribution in [-0.4, -0.2) is 33.9 Å². The van der Waals surface area contributed by atoms with Crippen LogP contribution in [0.15, 0.2) is 11.6 Å². The first-order valence-corrected chi connectivity index (χ1v) is 10.6. The Hall–Kier alpha value is -3.29. The maximum absolute atomic E-state index is 12.3. The molecule has 8 heteroatoms. The number of amides is 1. The predicted molar refractivity (Wildman–Crippen MR) is 120 cm³/mol. The molecule has 1 aliphatic heterocycles. The van der Waals surface area contributed by atoms with Gasteiger partial charge in [-0.3, -0.25) is 9.48 Å². The van der Waals surface area contributed by atoms with Crippen LogP contribution in [0.5, 0.6) is 11.5 Å². The van der Waals surface area contributed by atoms with Crippen molar-refractivity contribution >= 4 is 11.9 Å². The molecule has 0 saturated carbocycles. The van der Waals surface area contributed by atoms with Crippen molar-refractivity contribution in [3.63, 3.8) is 0 Å². The molecule has 2 N–H and O–H groups in total. The summed E-state index contributed by atoms with van der Waals surface area (Å²) in [5.74, 6) is -0.0737. The van der Waals surface area contributed by atoms with Crippen LogP contribution in [0, 0.1) is 20.8 Å². The van der Waals surface area contributed by atoms with Gasteiger partial charge in [-0.1, -0.05) is 11.6 Å². The third-order valence-electron chi connectivity index (χ3n) is 6.17. The Morgan fingerprint density at radius 3 is 2.62 bits per heavy atom. The van der Waals surface area contributed by atoms with Crippen molar-refractivity contribution < 1.29 is 24.2 Å². The number of rotatable bonds is 8. The zero-order valence-electron chi connectivity index (χ0n) is 19.6. The molecule has 0 spiro atoms. The van der Waals surface area contributed by atoms with Gasteiger partial charge in [0.15, 0.2) is 0 Å². The van der Waals surface area contributed by atoms with Crippen LogP contribution in [0.2, 0.25) is 0 Å². The molecule has 1 aromatic carbocycles. The molecule has 1 aliphatic rings.